The van der Waals surface area contributed by atoms with Crippen molar-refractivity contribution in [2.24, 2.45) is 96.2 Å². The van der Waals surface area contributed by atoms with E-state index in [1.807, 2.05) is 15.7 Å². The maximum absolute atomic E-state index is 15.1. The average molecular weight is 1280 g/mol. The quantitative estimate of drug-likeness (QED) is 0.0403. The third-order valence-electron chi connectivity index (χ3n) is 28.0. The van der Waals surface area contributed by atoms with Crippen molar-refractivity contribution in [2.45, 2.75) is 239 Å². The highest BCUT2D eigenvalue weighted by molar-refractivity contribution is 8.77. The molecule has 10 aliphatic carbocycles. The number of esters is 1. The number of ether oxygens (including phenoxy) is 2. The Balaban J connectivity index is 0.847. The van der Waals surface area contributed by atoms with Crippen LogP contribution in [0.15, 0.2) is 70.7 Å². The second-order valence-electron chi connectivity index (χ2n) is 31.8. The van der Waals surface area contributed by atoms with Gasteiger partial charge in [-0.05, 0) is 224 Å². The topological polar surface area (TPSA) is 252 Å². The van der Waals surface area contributed by atoms with Gasteiger partial charge in [-0.15, -0.1) is 0 Å². The first-order valence-electron chi connectivity index (χ1n) is 35.9. The van der Waals surface area contributed by atoms with E-state index in [2.05, 4.69) is 81.8 Å². The molecular formula is C74H103N7O8S2. The number of carbonyl (C=O) groups is 2. The molecule has 0 radical (unpaired) electrons. The lowest BCUT2D eigenvalue weighted by atomic mass is 9.42. The summed E-state index contributed by atoms with van der Waals surface area (Å²) < 4.78 is 13.9. The van der Waals surface area contributed by atoms with Crippen molar-refractivity contribution in [2.75, 3.05) is 26.2 Å². The zero-order valence-electron chi connectivity index (χ0n) is 53.9. The first-order valence-corrected chi connectivity index (χ1v) is 38.1. The number of hydrogen-bond donors (Lipinski definition) is 8. The summed E-state index contributed by atoms with van der Waals surface area (Å²) in [4.78, 5) is 40.3. The smallest absolute Gasteiger partial charge is 0.303 e. The van der Waals surface area contributed by atoms with Gasteiger partial charge in [0.1, 0.15) is 16.1 Å². The van der Waals surface area contributed by atoms with E-state index < -0.39 is 28.8 Å². The van der Waals surface area contributed by atoms with Crippen LogP contribution in [0.5, 0.6) is 11.5 Å². The maximum Gasteiger partial charge on any atom is 0.303 e. The summed E-state index contributed by atoms with van der Waals surface area (Å²) in [5.41, 5.74) is 20.9. The summed E-state index contributed by atoms with van der Waals surface area (Å²) in [5.74, 6) is 2.24. The number of carbonyl (C=O) groups excluding carboxylic acids is 2. The lowest BCUT2D eigenvalue weighted by Crippen LogP contribution is -2.61. The Morgan fingerprint density at radius 1 is 0.879 bits per heavy atom. The van der Waals surface area contributed by atoms with Crippen LogP contribution in [0.4, 0.5) is 0 Å². The molecule has 0 aromatic heterocycles. The number of aliphatic hydroxyl groups excluding tert-OH is 3. The second kappa shape index (κ2) is 24.0. The van der Waals surface area contributed by atoms with Crippen LogP contribution in [0.1, 0.15) is 214 Å². The minimum absolute atomic E-state index is 0.0164. The summed E-state index contributed by atoms with van der Waals surface area (Å²) >= 11 is 0. The van der Waals surface area contributed by atoms with E-state index >= 15 is 4.79 Å². The number of nitrogens with zero attached hydrogens (tertiary/aromatic N) is 3. The molecule has 19 unspecified atom stereocenters. The molecule has 8 saturated carbocycles. The monoisotopic (exact) mass is 1280 g/mol. The zero-order chi connectivity index (χ0) is 62.7. The van der Waals surface area contributed by atoms with Crippen LogP contribution in [0.25, 0.3) is 0 Å². The molecule has 91 heavy (non-hydrogen) atoms. The number of hydrogen-bond acceptors (Lipinski definition) is 14. The normalized spacial score (nSPS) is 42.7. The summed E-state index contributed by atoms with van der Waals surface area (Å²) in [7, 11) is 4.10. The molecule has 19 atom stereocenters. The number of benzene rings is 2. The molecular weight excluding hydrogens is 1180 g/mol. The fraction of sp³-hybridized carbons (Fsp3) is 0.730. The standard InChI is InChI=1S/C74H103N7O8S2/c1-45(83)88-69-32-21-47-37-50(63(86)64-62(47)48-22-34-72(89-64)29-7-14-51(72)38-48)43-81-44-70(41-61(81)85)52(15-17-56(70)46-11-3-2-4-12-46)42-79-67(77)80-74(31-9-27-68(74)25-5-6-26-68)91-90-60-20-19-57-54(55(23-33-69)59(84)40-69)16-18-58(60)73(57)30-10-28-71(73)39-49(13-8-36-82)53(65(71)87)24-35-78-66(75)76/h2-4,11-12,19-20,22,34,37,48-49,51-60,65,82,84,86-87H,5-10,13-18,21,23-33,35-36,38-44H2,1H3,(H4,75,76,78)(H3,77,79,80). The molecule has 19 rings (SSSR count). The van der Waals surface area contributed by atoms with E-state index in [0.717, 1.165) is 127 Å². The number of aryl methyl sites for hydroxylation is 1. The number of allylic oxidation sites excluding steroid dienone is 2. The van der Waals surface area contributed by atoms with Crippen molar-refractivity contribution in [1.29, 1.82) is 0 Å². The third kappa shape index (κ3) is 10.2. The van der Waals surface area contributed by atoms with Gasteiger partial charge < -0.3 is 57.3 Å². The summed E-state index contributed by atoms with van der Waals surface area (Å²) in [6.45, 7) is 3.36. The number of rotatable bonds is 8. The molecule has 2 aromatic carbocycles. The number of fused-ring (bicyclic) bond motifs is 2. The molecule has 7 aliphatic heterocycles. The maximum atomic E-state index is 15.1. The van der Waals surface area contributed by atoms with E-state index in [1.165, 1.54) is 25.3 Å². The number of amides is 1. The predicted octanol–water partition coefficient (Wildman–Crippen LogP) is 11.6. The van der Waals surface area contributed by atoms with Crippen molar-refractivity contribution in [3.8, 4) is 11.5 Å². The second-order valence-corrected chi connectivity index (χ2v) is 34.5. The van der Waals surface area contributed by atoms with Crippen LogP contribution < -0.4 is 27.3 Å². The molecule has 2 aromatic rings. The molecule has 7 heterocycles. The van der Waals surface area contributed by atoms with Crippen LogP contribution in [-0.4, -0.2) is 109 Å². The number of nitrogens with one attached hydrogen (secondary N) is 1. The van der Waals surface area contributed by atoms with Crippen molar-refractivity contribution in [3.05, 3.63) is 83.0 Å². The minimum Gasteiger partial charge on any atom is -0.504 e. The lowest BCUT2D eigenvalue weighted by molar-refractivity contribution is -0.179. The van der Waals surface area contributed by atoms with Gasteiger partial charge in [0.15, 0.2) is 23.4 Å². The van der Waals surface area contributed by atoms with E-state index in [1.54, 1.807) is 0 Å². The zero-order valence-corrected chi connectivity index (χ0v) is 55.6. The number of nitrogens with two attached hydrogens (primary N) is 3. The van der Waals surface area contributed by atoms with Gasteiger partial charge in [-0.1, -0.05) is 89.4 Å². The highest BCUT2D eigenvalue weighted by Crippen LogP contribution is 2.77. The molecule has 1 amide bonds. The largest absolute Gasteiger partial charge is 0.504 e. The summed E-state index contributed by atoms with van der Waals surface area (Å²) in [6.07, 6.45) is 33.4. The van der Waals surface area contributed by atoms with Gasteiger partial charge in [0.2, 0.25) is 5.91 Å². The number of guanidine groups is 2. The highest BCUT2D eigenvalue weighted by atomic mass is 33.1. The van der Waals surface area contributed by atoms with Crippen LogP contribution in [0.2, 0.25) is 0 Å². The molecule has 17 heteroatoms. The van der Waals surface area contributed by atoms with Gasteiger partial charge in [-0.25, -0.2) is 0 Å². The Kier molecular flexibility index (Phi) is 16.6. The number of aliphatic hydroxyl groups is 3. The Bertz CT molecular complexity index is 3220. The van der Waals surface area contributed by atoms with Crippen molar-refractivity contribution < 1.29 is 39.5 Å². The van der Waals surface area contributed by atoms with Crippen molar-refractivity contribution in [3.63, 3.8) is 0 Å². The molecule has 9 fully saturated rings. The van der Waals surface area contributed by atoms with E-state index in [0.29, 0.717) is 94.2 Å². The van der Waals surface area contributed by atoms with E-state index in [-0.39, 0.29) is 116 Å². The van der Waals surface area contributed by atoms with Crippen LogP contribution in [0.3, 0.4) is 0 Å². The van der Waals surface area contributed by atoms with Gasteiger partial charge in [0.25, 0.3) is 0 Å². The SMILES string of the molecule is CC(=O)OC12CCc3cc(c(O)c4c3C3C=CC5(CCCC5C3)O4)CN3CC4(CC3=O)C(CCC4c3ccccc3)CN=C(N)NC3(CCCC34CCCC4)SSC3C=CC4C(CCC3C43CCCC34CC(CCCO)C(CCN=C(N)N)C4O)C(CC1)C(O)C2. The summed E-state index contributed by atoms with van der Waals surface area (Å²) in [5, 5.41) is 54.3. The number of phenols is 1. The van der Waals surface area contributed by atoms with E-state index in [9.17, 15) is 25.2 Å². The molecule has 6 spiro atoms. The molecule has 15 nitrogen and oxygen atoms in total. The van der Waals surface area contributed by atoms with Gasteiger partial charge in [-0.3, -0.25) is 19.6 Å². The first-order chi connectivity index (χ1) is 44.0. The summed E-state index contributed by atoms with van der Waals surface area (Å²) in [6, 6.07) is 12.9. The minimum atomic E-state index is -0.935. The first kappa shape index (κ1) is 62.7. The van der Waals surface area contributed by atoms with Crippen molar-refractivity contribution in [1.82, 2.24) is 10.2 Å². The molecule has 1 saturated heterocycles. The van der Waals surface area contributed by atoms with E-state index in [4.69, 9.17) is 31.7 Å². The van der Waals surface area contributed by atoms with Crippen LogP contribution >= 0.6 is 21.6 Å². The average Bonchev–Trinajstić information content (AvgIpc) is 1.60. The van der Waals surface area contributed by atoms with Crippen LogP contribution in [-0.2, 0) is 27.3 Å². The molecule has 17 aliphatic rings. The van der Waals surface area contributed by atoms with Gasteiger partial charge in [-0.2, -0.15) is 0 Å². The highest BCUT2D eigenvalue weighted by Gasteiger charge is 2.73. The molecule has 494 valence electrons. The number of aromatic hydroxyl groups is 1. The predicted molar refractivity (Wildman–Crippen MR) is 359 cm³/mol. The van der Waals surface area contributed by atoms with Crippen molar-refractivity contribution >= 4 is 45.4 Å². The van der Waals surface area contributed by atoms with Gasteiger partial charge >= 0.3 is 5.97 Å². The molecule has 11 N–H and O–H groups in total. The number of aliphatic imine (C=N–C) groups is 2. The lowest BCUT2D eigenvalue weighted by Gasteiger charge is -2.64. The van der Waals surface area contributed by atoms with Crippen LogP contribution in [0, 0.1) is 69.0 Å². The number of phenolic OH excluding ortho intramolecular Hbond substituents is 1. The third-order valence-corrected chi connectivity index (χ3v) is 31.7. The Hall–Kier alpha value is -4.42. The Morgan fingerprint density at radius 2 is 1.70 bits per heavy atom. The fourth-order valence-corrected chi connectivity index (χ4v) is 28.5. The van der Waals surface area contributed by atoms with Gasteiger partial charge in [0, 0.05) is 97.0 Å². The fourth-order valence-electron chi connectivity index (χ4n) is 24.4. The Morgan fingerprint density at radius 3 is 2.51 bits per heavy atom. The Labute approximate surface area is 547 Å². The van der Waals surface area contributed by atoms with Gasteiger partial charge in [0.05, 0.1) is 12.2 Å². The molecule has 12 bridgehead atoms.